The molecule has 0 aliphatic heterocycles. The highest BCUT2D eigenvalue weighted by atomic mass is 35.5. The summed E-state index contributed by atoms with van der Waals surface area (Å²) in [5, 5.41) is 3.36. The molecule has 0 aliphatic carbocycles. The Kier molecular flexibility index (Phi) is 6.92. The van der Waals surface area contributed by atoms with E-state index in [1.807, 2.05) is 48.5 Å². The number of aromatic nitrogens is 2. The van der Waals surface area contributed by atoms with E-state index >= 15 is 0 Å². The minimum atomic E-state index is -0.226. The Labute approximate surface area is 191 Å². The van der Waals surface area contributed by atoms with E-state index in [4.69, 9.17) is 26.1 Å². The van der Waals surface area contributed by atoms with Crippen LogP contribution in [-0.2, 0) is 13.1 Å². The molecule has 0 saturated heterocycles. The molecule has 0 atom stereocenters. The number of ether oxygens (including phenoxy) is 2. The van der Waals surface area contributed by atoms with Crippen LogP contribution in [0.25, 0.3) is 11.0 Å². The largest absolute Gasteiger partial charge is 0.497 e. The zero-order chi connectivity index (χ0) is 22.3. The maximum atomic E-state index is 12.6. The second-order valence-electron chi connectivity index (χ2n) is 7.21. The minimum Gasteiger partial charge on any atom is -0.497 e. The molecule has 0 spiro atoms. The first-order valence-corrected chi connectivity index (χ1v) is 10.8. The molecule has 164 valence electrons. The van der Waals surface area contributed by atoms with E-state index in [2.05, 4.69) is 9.88 Å². The number of para-hydroxylation sites is 2. The van der Waals surface area contributed by atoms with Gasteiger partial charge in [-0.15, -0.1) is 0 Å². The first-order valence-electron chi connectivity index (χ1n) is 10.4. The molecule has 0 unspecified atom stereocenters. The lowest BCUT2D eigenvalue weighted by atomic mass is 10.2. The molecule has 4 aromatic rings. The summed E-state index contributed by atoms with van der Waals surface area (Å²) in [5.74, 6) is 2.09. The minimum absolute atomic E-state index is 0.226. The predicted molar refractivity (Wildman–Crippen MR) is 125 cm³/mol. The molecule has 1 amide bonds. The number of benzene rings is 3. The van der Waals surface area contributed by atoms with Crippen LogP contribution in [-0.4, -0.2) is 29.2 Å². The number of nitrogens with one attached hydrogen (secondary N) is 1. The zero-order valence-electron chi connectivity index (χ0n) is 17.8. The van der Waals surface area contributed by atoms with Crippen molar-refractivity contribution in [3.63, 3.8) is 0 Å². The molecule has 0 fully saturated rings. The van der Waals surface area contributed by atoms with E-state index in [1.54, 1.807) is 31.4 Å². The second-order valence-corrected chi connectivity index (χ2v) is 7.62. The Morgan fingerprint density at radius 2 is 1.81 bits per heavy atom. The topological polar surface area (TPSA) is 65.4 Å². The standard InChI is InChI=1S/C25H24ClN3O3/c1-31-18-8-6-9-19(16-18)32-15-7-14-29-23-13-5-4-12-22(23)28-24(29)17-27-25(30)20-10-2-3-11-21(20)26/h2-6,8-13,16H,7,14-15,17H2,1H3,(H,27,30). The van der Waals surface area contributed by atoms with Gasteiger partial charge in [-0.05, 0) is 42.8 Å². The normalized spacial score (nSPS) is 10.8. The van der Waals surface area contributed by atoms with Crippen LogP contribution in [0.5, 0.6) is 11.5 Å². The van der Waals surface area contributed by atoms with E-state index in [-0.39, 0.29) is 5.91 Å². The fourth-order valence-electron chi connectivity index (χ4n) is 3.51. The summed E-state index contributed by atoms with van der Waals surface area (Å²) in [6, 6.07) is 22.5. The van der Waals surface area contributed by atoms with Gasteiger partial charge in [0, 0.05) is 12.6 Å². The molecule has 1 N–H and O–H groups in total. The van der Waals surface area contributed by atoms with Gasteiger partial charge >= 0.3 is 0 Å². The molecule has 32 heavy (non-hydrogen) atoms. The van der Waals surface area contributed by atoms with E-state index in [0.717, 1.165) is 34.8 Å². The Hall–Kier alpha value is -3.51. The molecular formula is C25H24ClN3O3. The van der Waals surface area contributed by atoms with Crippen molar-refractivity contribution < 1.29 is 14.3 Å². The highest BCUT2D eigenvalue weighted by Gasteiger charge is 2.14. The van der Waals surface area contributed by atoms with Crippen LogP contribution in [0.1, 0.15) is 22.6 Å². The number of amides is 1. The van der Waals surface area contributed by atoms with Crippen molar-refractivity contribution in [3.8, 4) is 11.5 Å². The summed E-state index contributed by atoms with van der Waals surface area (Å²) in [7, 11) is 1.63. The second kappa shape index (κ2) is 10.2. The van der Waals surface area contributed by atoms with Crippen LogP contribution < -0.4 is 14.8 Å². The number of carbonyl (C=O) groups excluding carboxylic acids is 1. The van der Waals surface area contributed by atoms with Gasteiger partial charge in [0.1, 0.15) is 17.3 Å². The first kappa shape index (κ1) is 21.7. The van der Waals surface area contributed by atoms with Crippen molar-refractivity contribution in [2.45, 2.75) is 19.5 Å². The lowest BCUT2D eigenvalue weighted by Gasteiger charge is -2.12. The van der Waals surface area contributed by atoms with E-state index < -0.39 is 0 Å². The first-order chi connectivity index (χ1) is 15.7. The number of fused-ring (bicyclic) bond motifs is 1. The van der Waals surface area contributed by atoms with Gasteiger partial charge in [0.25, 0.3) is 5.91 Å². The molecule has 7 heteroatoms. The molecule has 0 radical (unpaired) electrons. The molecule has 1 heterocycles. The fraction of sp³-hybridized carbons (Fsp3) is 0.200. The molecule has 0 saturated carbocycles. The fourth-order valence-corrected chi connectivity index (χ4v) is 3.73. The zero-order valence-corrected chi connectivity index (χ0v) is 18.5. The molecule has 1 aromatic heterocycles. The SMILES string of the molecule is COc1cccc(OCCCn2c(CNC(=O)c3ccccc3Cl)nc3ccccc32)c1. The number of nitrogens with zero attached hydrogens (tertiary/aromatic N) is 2. The van der Waals surface area contributed by atoms with Gasteiger partial charge in [0.05, 0.1) is 41.9 Å². The van der Waals surface area contributed by atoms with Crippen LogP contribution >= 0.6 is 11.6 Å². The van der Waals surface area contributed by atoms with E-state index in [0.29, 0.717) is 30.3 Å². The quantitative estimate of drug-likeness (QED) is 0.361. The number of aryl methyl sites for hydroxylation is 1. The average Bonchev–Trinajstić information content (AvgIpc) is 3.18. The Morgan fingerprint density at radius 3 is 2.66 bits per heavy atom. The number of methoxy groups -OCH3 is 1. The van der Waals surface area contributed by atoms with Crippen molar-refractivity contribution >= 4 is 28.5 Å². The number of rotatable bonds is 9. The Morgan fingerprint density at radius 1 is 1.03 bits per heavy atom. The van der Waals surface area contributed by atoms with Gasteiger partial charge < -0.3 is 19.4 Å². The van der Waals surface area contributed by atoms with Crippen molar-refractivity contribution in [2.75, 3.05) is 13.7 Å². The van der Waals surface area contributed by atoms with Crippen molar-refractivity contribution in [3.05, 3.63) is 89.2 Å². The lowest BCUT2D eigenvalue weighted by Crippen LogP contribution is -2.25. The predicted octanol–water partition coefficient (Wildman–Crippen LogP) is 5.10. The summed E-state index contributed by atoms with van der Waals surface area (Å²) < 4.78 is 13.2. The highest BCUT2D eigenvalue weighted by molar-refractivity contribution is 6.33. The highest BCUT2D eigenvalue weighted by Crippen LogP contribution is 2.20. The van der Waals surface area contributed by atoms with Crippen molar-refractivity contribution in [2.24, 2.45) is 0 Å². The lowest BCUT2D eigenvalue weighted by molar-refractivity contribution is 0.0949. The summed E-state index contributed by atoms with van der Waals surface area (Å²) in [5.41, 5.74) is 2.36. The van der Waals surface area contributed by atoms with Crippen LogP contribution in [0.4, 0.5) is 0 Å². The summed E-state index contributed by atoms with van der Waals surface area (Å²) >= 11 is 6.15. The van der Waals surface area contributed by atoms with Crippen molar-refractivity contribution in [1.29, 1.82) is 0 Å². The third-order valence-electron chi connectivity index (χ3n) is 5.10. The average molecular weight is 450 g/mol. The van der Waals surface area contributed by atoms with Gasteiger partial charge in [-0.1, -0.05) is 41.9 Å². The Bertz CT molecular complexity index is 1220. The van der Waals surface area contributed by atoms with Crippen LogP contribution in [0, 0.1) is 0 Å². The van der Waals surface area contributed by atoms with Gasteiger partial charge in [-0.2, -0.15) is 0 Å². The number of halogens is 1. The van der Waals surface area contributed by atoms with Crippen LogP contribution in [0.3, 0.4) is 0 Å². The van der Waals surface area contributed by atoms with Crippen LogP contribution in [0.2, 0.25) is 5.02 Å². The maximum absolute atomic E-state index is 12.6. The number of hydrogen-bond donors (Lipinski definition) is 1. The maximum Gasteiger partial charge on any atom is 0.253 e. The van der Waals surface area contributed by atoms with Gasteiger partial charge in [-0.3, -0.25) is 4.79 Å². The van der Waals surface area contributed by atoms with Gasteiger partial charge in [0.2, 0.25) is 0 Å². The third-order valence-corrected chi connectivity index (χ3v) is 5.42. The summed E-state index contributed by atoms with van der Waals surface area (Å²) in [6.07, 6.45) is 0.781. The molecule has 0 aliphatic rings. The van der Waals surface area contributed by atoms with E-state index in [9.17, 15) is 4.79 Å². The smallest absolute Gasteiger partial charge is 0.253 e. The number of imidazole rings is 1. The van der Waals surface area contributed by atoms with Gasteiger partial charge in [-0.25, -0.2) is 4.98 Å². The number of hydrogen-bond acceptors (Lipinski definition) is 4. The molecule has 0 bridgehead atoms. The summed E-state index contributed by atoms with van der Waals surface area (Å²) in [4.78, 5) is 17.3. The Balaban J connectivity index is 1.43. The van der Waals surface area contributed by atoms with Crippen molar-refractivity contribution in [1.82, 2.24) is 14.9 Å². The third kappa shape index (κ3) is 5.03. The molecule has 3 aromatic carbocycles. The number of carbonyl (C=O) groups is 1. The monoisotopic (exact) mass is 449 g/mol. The molecule has 6 nitrogen and oxygen atoms in total. The molecular weight excluding hydrogens is 426 g/mol. The molecule has 4 rings (SSSR count). The van der Waals surface area contributed by atoms with Crippen LogP contribution in [0.15, 0.2) is 72.8 Å². The summed E-state index contributed by atoms with van der Waals surface area (Å²) in [6.45, 7) is 1.56. The van der Waals surface area contributed by atoms with E-state index in [1.165, 1.54) is 0 Å². The van der Waals surface area contributed by atoms with Gasteiger partial charge in [0.15, 0.2) is 0 Å².